The van der Waals surface area contributed by atoms with E-state index in [9.17, 15) is 19.2 Å². The van der Waals surface area contributed by atoms with Crippen molar-refractivity contribution in [3.8, 4) is 12.3 Å². The van der Waals surface area contributed by atoms with E-state index in [1.54, 1.807) is 52.0 Å². The number of rotatable bonds is 15. The van der Waals surface area contributed by atoms with E-state index in [2.05, 4.69) is 36.1 Å². The Labute approximate surface area is 238 Å². The van der Waals surface area contributed by atoms with E-state index < -0.39 is 41.6 Å². The number of ether oxygens (including phenoxy) is 2. The number of hydrogen-bond donors (Lipinski definition) is 3. The van der Waals surface area contributed by atoms with E-state index >= 15 is 0 Å². The van der Waals surface area contributed by atoms with Crippen LogP contribution >= 0.6 is 12.6 Å². The van der Waals surface area contributed by atoms with Gasteiger partial charge in [0.15, 0.2) is 0 Å². The number of esters is 1. The molecule has 1 rings (SSSR count). The summed E-state index contributed by atoms with van der Waals surface area (Å²) >= 11 is 4.30. The Morgan fingerprint density at radius 2 is 1.74 bits per heavy atom. The molecule has 1 aromatic carbocycles. The Morgan fingerprint density at radius 1 is 1.08 bits per heavy atom. The Balaban J connectivity index is 3.36. The monoisotopic (exact) mass is 561 g/mol. The minimum absolute atomic E-state index is 0.00321. The average molecular weight is 562 g/mol. The van der Waals surface area contributed by atoms with Gasteiger partial charge >= 0.3 is 12.1 Å². The minimum Gasteiger partial charge on any atom is -0.466 e. The molecule has 9 nitrogen and oxygen atoms in total. The molecule has 0 aliphatic carbocycles. The first-order valence-corrected chi connectivity index (χ1v) is 14.0. The summed E-state index contributed by atoms with van der Waals surface area (Å²) in [6.07, 6.45) is 8.23. The molecule has 2 unspecified atom stereocenters. The van der Waals surface area contributed by atoms with Gasteiger partial charge in [-0.2, -0.15) is 12.6 Å². The summed E-state index contributed by atoms with van der Waals surface area (Å²) in [7, 11) is 0. The normalized spacial score (nSPS) is 12.4. The molecule has 0 saturated heterocycles. The third kappa shape index (κ3) is 12.5. The summed E-state index contributed by atoms with van der Waals surface area (Å²) in [5.41, 5.74) is 0.413. The number of alkyl carbamates (subject to hydrolysis) is 1. The number of nitrogens with one attached hydrogen (secondary N) is 2. The number of unbranched alkanes of at least 4 members (excludes halogenated alkanes) is 3. The number of hydrogen-bond acceptors (Lipinski definition) is 7. The first-order valence-electron chi connectivity index (χ1n) is 13.4. The summed E-state index contributed by atoms with van der Waals surface area (Å²) in [6, 6.07) is 4.74. The fraction of sp³-hybridized carbons (Fsp3) is 0.586. The highest BCUT2D eigenvalue weighted by Crippen LogP contribution is 2.24. The summed E-state index contributed by atoms with van der Waals surface area (Å²) < 4.78 is 10.3. The van der Waals surface area contributed by atoms with E-state index in [0.717, 1.165) is 19.3 Å². The van der Waals surface area contributed by atoms with Crippen LogP contribution < -0.4 is 10.6 Å². The van der Waals surface area contributed by atoms with Gasteiger partial charge in [0.1, 0.15) is 17.7 Å². The third-order valence-electron chi connectivity index (χ3n) is 5.59. The molecule has 0 fully saturated rings. The second-order valence-electron chi connectivity index (χ2n) is 9.99. The quantitative estimate of drug-likeness (QED) is 0.129. The molecule has 1 aromatic rings. The summed E-state index contributed by atoms with van der Waals surface area (Å²) in [5.74, 6) is 1.17. The van der Waals surface area contributed by atoms with Gasteiger partial charge in [-0.15, -0.1) is 6.42 Å². The van der Waals surface area contributed by atoms with Crippen LogP contribution in [0.3, 0.4) is 0 Å². The second kappa shape index (κ2) is 17.4. The SMILES string of the molecule is C#Cc1ccc(C(C(=O)NCCC(=O)OCC)N(CCCCCC)C(=O)C(CS)NC(=O)OC(C)(C)C)cc1. The maximum absolute atomic E-state index is 13.9. The van der Waals surface area contributed by atoms with Crippen LogP contribution in [-0.2, 0) is 23.9 Å². The molecule has 10 heteroatoms. The number of benzene rings is 1. The van der Waals surface area contributed by atoms with Crippen molar-refractivity contribution in [2.24, 2.45) is 0 Å². The molecular weight excluding hydrogens is 518 g/mol. The molecule has 2 atom stereocenters. The van der Waals surface area contributed by atoms with Gasteiger partial charge in [0.05, 0.1) is 13.0 Å². The van der Waals surface area contributed by atoms with Crippen LogP contribution in [-0.4, -0.2) is 65.9 Å². The number of carbonyl (C=O) groups excluding carboxylic acids is 4. The van der Waals surface area contributed by atoms with Crippen molar-refractivity contribution in [1.82, 2.24) is 15.5 Å². The number of thiol groups is 1. The maximum Gasteiger partial charge on any atom is 0.408 e. The van der Waals surface area contributed by atoms with Crippen LogP contribution in [0.2, 0.25) is 0 Å². The fourth-order valence-electron chi connectivity index (χ4n) is 3.76. The predicted molar refractivity (Wildman–Crippen MR) is 154 cm³/mol. The summed E-state index contributed by atoms with van der Waals surface area (Å²) in [4.78, 5) is 53.2. The Hall–Kier alpha value is -3.19. The lowest BCUT2D eigenvalue weighted by Crippen LogP contribution is -2.54. The zero-order chi connectivity index (χ0) is 29.4. The van der Waals surface area contributed by atoms with Gasteiger partial charge in [0.25, 0.3) is 0 Å². The lowest BCUT2D eigenvalue weighted by atomic mass is 10.0. The van der Waals surface area contributed by atoms with Gasteiger partial charge < -0.3 is 25.0 Å². The fourth-order valence-corrected chi connectivity index (χ4v) is 4.01. The minimum atomic E-state index is -1.03. The van der Waals surface area contributed by atoms with Gasteiger partial charge in [-0.25, -0.2) is 4.79 Å². The smallest absolute Gasteiger partial charge is 0.408 e. The van der Waals surface area contributed by atoms with Crippen molar-refractivity contribution in [3.05, 3.63) is 35.4 Å². The van der Waals surface area contributed by atoms with Crippen LogP contribution in [0.1, 0.15) is 83.9 Å². The number of carbonyl (C=O) groups is 4. The number of terminal acetylenes is 1. The van der Waals surface area contributed by atoms with Gasteiger partial charge in [0.2, 0.25) is 11.8 Å². The Bertz CT molecular complexity index is 984. The first kappa shape index (κ1) is 33.8. The standard InChI is InChI=1S/C29H43N3O6S/c1-7-10-11-12-19-32(27(35)23(20-39)31-28(36)38-29(4,5)6)25(22-15-13-21(8-2)14-16-22)26(34)30-18-17-24(33)37-9-3/h2,13-16,23,25,39H,7,9-12,17-20H2,1,3-6H3,(H,30,34)(H,31,36). The Kier molecular flexibility index (Phi) is 15.1. The molecule has 0 aliphatic rings. The lowest BCUT2D eigenvalue weighted by molar-refractivity contribution is -0.144. The predicted octanol–water partition coefficient (Wildman–Crippen LogP) is 4.01. The zero-order valence-corrected chi connectivity index (χ0v) is 24.6. The first-order chi connectivity index (χ1) is 18.5. The largest absolute Gasteiger partial charge is 0.466 e. The number of amides is 3. The highest BCUT2D eigenvalue weighted by atomic mass is 32.1. The third-order valence-corrected chi connectivity index (χ3v) is 5.96. The summed E-state index contributed by atoms with van der Waals surface area (Å²) in [5, 5.41) is 5.35. The second-order valence-corrected chi connectivity index (χ2v) is 10.4. The Morgan fingerprint density at radius 3 is 2.28 bits per heavy atom. The van der Waals surface area contributed by atoms with E-state index in [0.29, 0.717) is 17.5 Å². The molecule has 0 heterocycles. The van der Waals surface area contributed by atoms with E-state index in [-0.39, 0.29) is 31.9 Å². The van der Waals surface area contributed by atoms with Crippen LogP contribution in [0, 0.1) is 12.3 Å². The average Bonchev–Trinajstić information content (AvgIpc) is 2.88. The van der Waals surface area contributed by atoms with E-state index in [1.807, 2.05) is 0 Å². The molecule has 0 aromatic heterocycles. The van der Waals surface area contributed by atoms with Gasteiger partial charge in [-0.1, -0.05) is 44.2 Å². The van der Waals surface area contributed by atoms with E-state index in [1.165, 1.54) is 4.90 Å². The number of nitrogens with zero attached hydrogens (tertiary/aromatic N) is 1. The van der Waals surface area contributed by atoms with Crippen LogP contribution in [0.5, 0.6) is 0 Å². The van der Waals surface area contributed by atoms with Crippen LogP contribution in [0.15, 0.2) is 24.3 Å². The molecule has 0 spiro atoms. The highest BCUT2D eigenvalue weighted by Gasteiger charge is 2.35. The van der Waals surface area contributed by atoms with Crippen molar-refractivity contribution >= 4 is 36.5 Å². The van der Waals surface area contributed by atoms with Gasteiger partial charge in [-0.05, 0) is 51.8 Å². The molecule has 3 amide bonds. The topological polar surface area (TPSA) is 114 Å². The molecule has 0 radical (unpaired) electrons. The van der Waals surface area contributed by atoms with Crippen molar-refractivity contribution in [1.29, 1.82) is 0 Å². The molecule has 39 heavy (non-hydrogen) atoms. The molecule has 216 valence electrons. The van der Waals surface area contributed by atoms with Crippen molar-refractivity contribution < 1.29 is 28.7 Å². The molecule has 0 bridgehead atoms. The van der Waals surface area contributed by atoms with Crippen molar-refractivity contribution in [2.45, 2.75) is 84.4 Å². The lowest BCUT2D eigenvalue weighted by Gasteiger charge is -2.34. The molecule has 0 aliphatic heterocycles. The van der Waals surface area contributed by atoms with Gasteiger partial charge in [-0.3, -0.25) is 14.4 Å². The van der Waals surface area contributed by atoms with Crippen molar-refractivity contribution in [2.75, 3.05) is 25.4 Å². The van der Waals surface area contributed by atoms with Gasteiger partial charge in [0, 0.05) is 24.4 Å². The molecule has 0 saturated carbocycles. The molecule has 2 N–H and O–H groups in total. The summed E-state index contributed by atoms with van der Waals surface area (Å²) in [6.45, 7) is 9.51. The van der Waals surface area contributed by atoms with Crippen LogP contribution in [0.25, 0.3) is 0 Å². The maximum atomic E-state index is 13.9. The highest BCUT2D eigenvalue weighted by molar-refractivity contribution is 7.80. The van der Waals surface area contributed by atoms with Crippen LogP contribution in [0.4, 0.5) is 4.79 Å². The van der Waals surface area contributed by atoms with E-state index in [4.69, 9.17) is 15.9 Å². The molecular formula is C29H43N3O6S. The van der Waals surface area contributed by atoms with Crippen molar-refractivity contribution in [3.63, 3.8) is 0 Å². The zero-order valence-electron chi connectivity index (χ0n) is 23.7.